The Kier molecular flexibility index (Phi) is 5.30. The van der Waals surface area contributed by atoms with Crippen molar-refractivity contribution in [2.45, 2.75) is 13.3 Å². The molecule has 24 heavy (non-hydrogen) atoms. The van der Waals surface area contributed by atoms with Crippen LogP contribution in [0.1, 0.15) is 13.3 Å². The maximum Gasteiger partial charge on any atom is 0.244 e. The van der Waals surface area contributed by atoms with E-state index in [4.69, 9.17) is 4.74 Å². The molecule has 1 aromatic heterocycles. The highest BCUT2D eigenvalue weighted by Gasteiger charge is 2.21. The van der Waals surface area contributed by atoms with E-state index < -0.39 is 0 Å². The molecule has 3 rings (SSSR count). The van der Waals surface area contributed by atoms with E-state index in [1.54, 1.807) is 13.3 Å². The van der Waals surface area contributed by atoms with Crippen LogP contribution in [0.2, 0.25) is 0 Å². The number of rotatable bonds is 6. The van der Waals surface area contributed by atoms with Gasteiger partial charge in [-0.2, -0.15) is 10.1 Å². The highest BCUT2D eigenvalue weighted by atomic mass is 16.5. The lowest BCUT2D eigenvalue weighted by atomic mass is 10.2. The van der Waals surface area contributed by atoms with Crippen molar-refractivity contribution in [3.05, 3.63) is 30.5 Å². The molecule has 0 amide bonds. The lowest BCUT2D eigenvalue weighted by Gasteiger charge is -2.37. The molecule has 0 aliphatic carbocycles. The molecular weight excluding hydrogens is 304 g/mol. The number of piperazine rings is 1. The van der Waals surface area contributed by atoms with Gasteiger partial charge in [-0.05, 0) is 18.6 Å². The Morgan fingerprint density at radius 3 is 2.62 bits per heavy atom. The third-order valence-electron chi connectivity index (χ3n) is 4.11. The Bertz CT molecular complexity index is 657. The monoisotopic (exact) mass is 328 g/mol. The first kappa shape index (κ1) is 16.3. The minimum Gasteiger partial charge on any atom is -0.495 e. The van der Waals surface area contributed by atoms with E-state index in [9.17, 15) is 0 Å². The van der Waals surface area contributed by atoms with Gasteiger partial charge in [-0.3, -0.25) is 0 Å². The van der Waals surface area contributed by atoms with Crippen molar-refractivity contribution in [1.29, 1.82) is 0 Å². The van der Waals surface area contributed by atoms with Crippen LogP contribution in [0.4, 0.5) is 17.5 Å². The maximum atomic E-state index is 5.47. The van der Waals surface area contributed by atoms with E-state index in [2.05, 4.69) is 43.3 Å². The van der Waals surface area contributed by atoms with Crippen molar-refractivity contribution in [3.8, 4) is 5.75 Å². The quantitative estimate of drug-likeness (QED) is 0.870. The van der Waals surface area contributed by atoms with Crippen LogP contribution in [-0.4, -0.2) is 55.0 Å². The van der Waals surface area contributed by atoms with Gasteiger partial charge >= 0.3 is 0 Å². The Balaban J connectivity index is 1.65. The summed E-state index contributed by atoms with van der Waals surface area (Å²) < 4.78 is 5.47. The fourth-order valence-corrected chi connectivity index (χ4v) is 2.83. The largest absolute Gasteiger partial charge is 0.495 e. The summed E-state index contributed by atoms with van der Waals surface area (Å²) in [6.45, 7) is 6.59. The first-order valence-electron chi connectivity index (χ1n) is 8.38. The SMILES string of the molecule is CCCNc1nncc(N2CCN(c3ccccc3OC)CC2)n1. The van der Waals surface area contributed by atoms with Gasteiger partial charge in [0, 0.05) is 32.7 Å². The fraction of sp³-hybridized carbons (Fsp3) is 0.471. The van der Waals surface area contributed by atoms with Crippen LogP contribution in [-0.2, 0) is 0 Å². The molecule has 1 aliphatic rings. The zero-order valence-electron chi connectivity index (χ0n) is 14.3. The van der Waals surface area contributed by atoms with Gasteiger partial charge in [0.15, 0.2) is 5.82 Å². The lowest BCUT2D eigenvalue weighted by molar-refractivity contribution is 0.413. The standard InChI is InChI=1S/C17H24N6O/c1-3-8-18-17-20-16(13-19-21-17)23-11-9-22(10-12-23)14-6-4-5-7-15(14)24-2/h4-7,13H,3,8-12H2,1-2H3,(H,18,20,21). The van der Waals surface area contributed by atoms with Crippen molar-refractivity contribution in [2.24, 2.45) is 0 Å². The van der Waals surface area contributed by atoms with Crippen LogP contribution >= 0.6 is 0 Å². The van der Waals surface area contributed by atoms with Crippen molar-refractivity contribution in [2.75, 3.05) is 55.0 Å². The molecule has 1 fully saturated rings. The summed E-state index contributed by atoms with van der Waals surface area (Å²) in [6.07, 6.45) is 2.76. The molecule has 2 heterocycles. The van der Waals surface area contributed by atoms with E-state index in [0.717, 1.165) is 56.4 Å². The number of benzene rings is 1. The predicted molar refractivity (Wildman–Crippen MR) is 96.0 cm³/mol. The highest BCUT2D eigenvalue weighted by Crippen LogP contribution is 2.28. The molecule has 0 saturated carbocycles. The van der Waals surface area contributed by atoms with Crippen LogP contribution in [0.25, 0.3) is 0 Å². The van der Waals surface area contributed by atoms with Gasteiger partial charge in [0.05, 0.1) is 19.0 Å². The molecular formula is C17H24N6O. The average molecular weight is 328 g/mol. The molecule has 128 valence electrons. The number of ether oxygens (including phenoxy) is 1. The molecule has 2 aromatic rings. The second kappa shape index (κ2) is 7.81. The second-order valence-corrected chi connectivity index (χ2v) is 5.71. The number of aromatic nitrogens is 3. The Hall–Kier alpha value is -2.57. The summed E-state index contributed by atoms with van der Waals surface area (Å²) in [4.78, 5) is 9.16. The average Bonchev–Trinajstić information content (AvgIpc) is 2.66. The zero-order valence-corrected chi connectivity index (χ0v) is 14.3. The molecule has 0 unspecified atom stereocenters. The van der Waals surface area contributed by atoms with Crippen LogP contribution < -0.4 is 19.9 Å². The molecule has 0 spiro atoms. The summed E-state index contributed by atoms with van der Waals surface area (Å²) in [5, 5.41) is 11.3. The van der Waals surface area contributed by atoms with E-state index in [1.807, 2.05) is 18.2 Å². The molecule has 7 nitrogen and oxygen atoms in total. The number of nitrogens with one attached hydrogen (secondary N) is 1. The van der Waals surface area contributed by atoms with Crippen LogP contribution in [0, 0.1) is 0 Å². The first-order valence-corrected chi connectivity index (χ1v) is 8.38. The molecule has 1 aromatic carbocycles. The van der Waals surface area contributed by atoms with Crippen LogP contribution in [0.3, 0.4) is 0 Å². The van der Waals surface area contributed by atoms with E-state index >= 15 is 0 Å². The topological polar surface area (TPSA) is 66.4 Å². The Labute approximate surface area is 142 Å². The summed E-state index contributed by atoms with van der Waals surface area (Å²) in [6, 6.07) is 8.15. The van der Waals surface area contributed by atoms with Gasteiger partial charge in [0.25, 0.3) is 0 Å². The Morgan fingerprint density at radius 2 is 1.88 bits per heavy atom. The number of anilines is 3. The van der Waals surface area contributed by atoms with Gasteiger partial charge < -0.3 is 19.9 Å². The summed E-state index contributed by atoms with van der Waals surface area (Å²) in [5.74, 6) is 2.39. The molecule has 0 atom stereocenters. The number of hydrogen-bond donors (Lipinski definition) is 1. The molecule has 1 aliphatic heterocycles. The fourth-order valence-electron chi connectivity index (χ4n) is 2.83. The molecule has 0 radical (unpaired) electrons. The van der Waals surface area contributed by atoms with E-state index in [1.165, 1.54) is 0 Å². The van der Waals surface area contributed by atoms with E-state index in [0.29, 0.717) is 5.95 Å². The van der Waals surface area contributed by atoms with Crippen LogP contribution in [0.15, 0.2) is 30.5 Å². The lowest BCUT2D eigenvalue weighted by Crippen LogP contribution is -2.47. The normalized spacial score (nSPS) is 14.6. The number of methoxy groups -OCH3 is 1. The summed E-state index contributed by atoms with van der Waals surface area (Å²) >= 11 is 0. The zero-order chi connectivity index (χ0) is 16.8. The maximum absolute atomic E-state index is 5.47. The first-order chi connectivity index (χ1) is 11.8. The predicted octanol–water partition coefficient (Wildman–Crippen LogP) is 2.03. The number of nitrogens with zero attached hydrogens (tertiary/aromatic N) is 5. The second-order valence-electron chi connectivity index (χ2n) is 5.71. The Morgan fingerprint density at radius 1 is 1.12 bits per heavy atom. The molecule has 0 bridgehead atoms. The van der Waals surface area contributed by atoms with Gasteiger partial charge in [-0.15, -0.1) is 5.10 Å². The van der Waals surface area contributed by atoms with Crippen molar-refractivity contribution < 1.29 is 4.74 Å². The molecule has 7 heteroatoms. The third-order valence-corrected chi connectivity index (χ3v) is 4.11. The molecule has 1 N–H and O–H groups in total. The minimum atomic E-state index is 0.599. The van der Waals surface area contributed by atoms with Crippen LogP contribution in [0.5, 0.6) is 5.75 Å². The van der Waals surface area contributed by atoms with Gasteiger partial charge in [0.2, 0.25) is 5.95 Å². The van der Waals surface area contributed by atoms with Crippen molar-refractivity contribution in [1.82, 2.24) is 15.2 Å². The van der Waals surface area contributed by atoms with Gasteiger partial charge in [-0.25, -0.2) is 0 Å². The summed E-state index contributed by atoms with van der Waals surface area (Å²) in [5.41, 5.74) is 1.14. The summed E-state index contributed by atoms with van der Waals surface area (Å²) in [7, 11) is 1.71. The highest BCUT2D eigenvalue weighted by molar-refractivity contribution is 5.59. The van der Waals surface area contributed by atoms with Gasteiger partial charge in [0.1, 0.15) is 5.75 Å². The van der Waals surface area contributed by atoms with E-state index in [-0.39, 0.29) is 0 Å². The van der Waals surface area contributed by atoms with Crippen molar-refractivity contribution in [3.63, 3.8) is 0 Å². The minimum absolute atomic E-state index is 0.599. The third kappa shape index (κ3) is 3.67. The number of hydrogen-bond acceptors (Lipinski definition) is 7. The van der Waals surface area contributed by atoms with Gasteiger partial charge in [-0.1, -0.05) is 19.1 Å². The number of para-hydroxylation sites is 2. The smallest absolute Gasteiger partial charge is 0.244 e. The molecule has 1 saturated heterocycles. The van der Waals surface area contributed by atoms with Crippen molar-refractivity contribution >= 4 is 17.5 Å².